The molecule has 0 spiro atoms. The topological polar surface area (TPSA) is 56.0 Å². The minimum Gasteiger partial charge on any atom is -0.411 e. The van der Waals surface area contributed by atoms with Gasteiger partial charge in [-0.15, -0.1) is 10.2 Å². The van der Waals surface area contributed by atoms with E-state index < -0.39 is 0 Å². The van der Waals surface area contributed by atoms with Crippen LogP contribution in [0.3, 0.4) is 0 Å². The van der Waals surface area contributed by atoms with Gasteiger partial charge in [-0.05, 0) is 41.9 Å². The van der Waals surface area contributed by atoms with Crippen molar-refractivity contribution in [3.05, 3.63) is 64.1 Å². The van der Waals surface area contributed by atoms with Crippen LogP contribution in [0.5, 0.6) is 0 Å². The molecule has 0 radical (unpaired) electrons. The van der Waals surface area contributed by atoms with Gasteiger partial charge in [-0.3, -0.25) is 4.79 Å². The van der Waals surface area contributed by atoms with Gasteiger partial charge in [0, 0.05) is 10.0 Å². The molecule has 0 saturated heterocycles. The molecule has 0 N–H and O–H groups in total. The number of hydrogen-bond acceptors (Lipinski definition) is 5. The molecule has 0 saturated carbocycles. The van der Waals surface area contributed by atoms with Crippen molar-refractivity contribution in [1.29, 1.82) is 0 Å². The van der Waals surface area contributed by atoms with Crippen molar-refractivity contribution in [2.75, 3.05) is 0 Å². The van der Waals surface area contributed by atoms with Crippen LogP contribution in [-0.2, 0) is 0 Å². The van der Waals surface area contributed by atoms with Crippen LogP contribution in [0.15, 0.2) is 62.6 Å². The summed E-state index contributed by atoms with van der Waals surface area (Å²) in [4.78, 5) is 12.5. The van der Waals surface area contributed by atoms with Gasteiger partial charge in [-0.25, -0.2) is 0 Å². The summed E-state index contributed by atoms with van der Waals surface area (Å²) in [5.74, 6) is 0.473. The predicted molar refractivity (Wildman–Crippen MR) is 98.3 cm³/mol. The van der Waals surface area contributed by atoms with Crippen molar-refractivity contribution in [2.45, 2.75) is 24.3 Å². The summed E-state index contributed by atoms with van der Waals surface area (Å²) in [7, 11) is 0. The van der Waals surface area contributed by atoms with Crippen LogP contribution < -0.4 is 0 Å². The number of Topliss-reactive ketones (excluding diaryl/α,β-unsaturated/α-hetero) is 1. The van der Waals surface area contributed by atoms with E-state index in [-0.39, 0.29) is 11.0 Å². The van der Waals surface area contributed by atoms with Crippen LogP contribution in [0.25, 0.3) is 11.5 Å². The Morgan fingerprint density at radius 2 is 1.83 bits per heavy atom. The molecule has 122 valence electrons. The van der Waals surface area contributed by atoms with E-state index in [1.807, 2.05) is 62.4 Å². The normalized spacial score (nSPS) is 12.1. The number of aromatic nitrogens is 2. The zero-order chi connectivity index (χ0) is 17.1. The number of halogens is 1. The Kier molecular flexibility index (Phi) is 5.16. The van der Waals surface area contributed by atoms with Crippen molar-refractivity contribution in [3.63, 3.8) is 0 Å². The Balaban J connectivity index is 1.73. The van der Waals surface area contributed by atoms with Crippen LogP contribution in [0.2, 0.25) is 0 Å². The minimum atomic E-state index is -0.305. The van der Waals surface area contributed by atoms with Gasteiger partial charge in [0.05, 0.1) is 10.8 Å². The summed E-state index contributed by atoms with van der Waals surface area (Å²) < 4.78 is 6.57. The molecule has 0 bridgehead atoms. The maximum Gasteiger partial charge on any atom is 0.277 e. The van der Waals surface area contributed by atoms with Crippen LogP contribution in [-0.4, -0.2) is 21.2 Å². The summed E-state index contributed by atoms with van der Waals surface area (Å²) in [5.41, 5.74) is 2.64. The summed E-state index contributed by atoms with van der Waals surface area (Å²) in [5, 5.41) is 8.18. The third-order valence-electron chi connectivity index (χ3n) is 3.49. The maximum absolute atomic E-state index is 12.5. The smallest absolute Gasteiger partial charge is 0.277 e. The second-order valence-corrected chi connectivity index (χ2v) is 7.49. The first-order valence-corrected chi connectivity index (χ1v) is 9.08. The first kappa shape index (κ1) is 16.9. The summed E-state index contributed by atoms with van der Waals surface area (Å²) in [6.07, 6.45) is 0. The van der Waals surface area contributed by atoms with Crippen molar-refractivity contribution in [1.82, 2.24) is 10.2 Å². The van der Waals surface area contributed by atoms with E-state index in [9.17, 15) is 4.79 Å². The molecule has 4 nitrogen and oxygen atoms in total. The van der Waals surface area contributed by atoms with Gasteiger partial charge < -0.3 is 4.42 Å². The zero-order valence-electron chi connectivity index (χ0n) is 13.2. The van der Waals surface area contributed by atoms with Gasteiger partial charge in [-0.1, -0.05) is 53.7 Å². The lowest BCUT2D eigenvalue weighted by atomic mass is 10.1. The largest absolute Gasteiger partial charge is 0.411 e. The summed E-state index contributed by atoms with van der Waals surface area (Å²) >= 11 is 4.73. The first-order chi connectivity index (χ1) is 11.5. The maximum atomic E-state index is 12.5. The van der Waals surface area contributed by atoms with Crippen LogP contribution in [0, 0.1) is 6.92 Å². The highest BCUT2D eigenvalue weighted by Gasteiger charge is 2.20. The summed E-state index contributed by atoms with van der Waals surface area (Å²) in [6.45, 7) is 3.84. The fraction of sp³-hybridized carbons (Fsp3) is 0.167. The molecule has 24 heavy (non-hydrogen) atoms. The molecule has 3 rings (SSSR count). The van der Waals surface area contributed by atoms with Crippen LogP contribution in [0.4, 0.5) is 0 Å². The standard InChI is InChI=1S/C18H15BrN2O2S/c1-11-7-9-13(10-8-11)16(22)12(2)24-18-21-20-17(23-18)14-5-3-4-6-15(14)19/h3-10,12H,1-2H3/t12-/m0/s1. The molecule has 2 aromatic carbocycles. The Morgan fingerprint density at radius 1 is 1.12 bits per heavy atom. The number of ketones is 1. The molecule has 6 heteroatoms. The quantitative estimate of drug-likeness (QED) is 0.435. The molecule has 1 heterocycles. The number of rotatable bonds is 5. The van der Waals surface area contributed by atoms with Gasteiger partial charge in [0.1, 0.15) is 0 Å². The molecule has 0 unspecified atom stereocenters. The second kappa shape index (κ2) is 7.32. The number of thioether (sulfide) groups is 1. The lowest BCUT2D eigenvalue weighted by Crippen LogP contribution is -2.13. The fourth-order valence-electron chi connectivity index (χ4n) is 2.16. The number of hydrogen-bond donors (Lipinski definition) is 0. The Morgan fingerprint density at radius 3 is 2.54 bits per heavy atom. The van der Waals surface area contributed by atoms with E-state index >= 15 is 0 Å². The fourth-order valence-corrected chi connectivity index (χ4v) is 3.37. The molecule has 0 aliphatic carbocycles. The van der Waals surface area contributed by atoms with Gasteiger partial charge in [0.25, 0.3) is 5.22 Å². The summed E-state index contributed by atoms with van der Waals surface area (Å²) in [6, 6.07) is 15.2. The predicted octanol–water partition coefficient (Wildman–Crippen LogP) is 5.17. The molecule has 0 fully saturated rings. The zero-order valence-corrected chi connectivity index (χ0v) is 15.6. The Labute approximate surface area is 152 Å². The molecular weight excluding hydrogens is 388 g/mol. The van der Waals surface area contributed by atoms with E-state index in [0.29, 0.717) is 16.7 Å². The first-order valence-electron chi connectivity index (χ1n) is 7.40. The van der Waals surface area contributed by atoms with Crippen LogP contribution >= 0.6 is 27.7 Å². The van der Waals surface area contributed by atoms with E-state index in [0.717, 1.165) is 15.6 Å². The average molecular weight is 403 g/mol. The second-order valence-electron chi connectivity index (χ2n) is 5.34. The van der Waals surface area contributed by atoms with Gasteiger partial charge >= 0.3 is 0 Å². The number of nitrogens with zero attached hydrogens (tertiary/aromatic N) is 2. The number of carbonyl (C=O) groups is 1. The van der Waals surface area contributed by atoms with Crippen LogP contribution in [0.1, 0.15) is 22.8 Å². The van der Waals surface area contributed by atoms with Gasteiger partial charge in [-0.2, -0.15) is 0 Å². The van der Waals surface area contributed by atoms with Crippen molar-refractivity contribution in [3.8, 4) is 11.5 Å². The van der Waals surface area contributed by atoms with E-state index in [4.69, 9.17) is 4.42 Å². The monoisotopic (exact) mass is 402 g/mol. The lowest BCUT2D eigenvalue weighted by Gasteiger charge is -2.07. The van der Waals surface area contributed by atoms with Crippen molar-refractivity contribution >= 4 is 33.5 Å². The molecule has 1 atom stereocenters. The molecule has 3 aromatic rings. The molecule has 0 aliphatic rings. The molecule has 0 amide bonds. The van der Waals surface area contributed by atoms with E-state index in [1.165, 1.54) is 11.8 Å². The van der Waals surface area contributed by atoms with Crippen molar-refractivity contribution in [2.24, 2.45) is 0 Å². The third kappa shape index (κ3) is 3.76. The third-order valence-corrected chi connectivity index (χ3v) is 5.12. The number of carbonyl (C=O) groups excluding carboxylic acids is 1. The van der Waals surface area contributed by atoms with Gasteiger partial charge in [0.2, 0.25) is 5.89 Å². The Bertz CT molecular complexity index is 861. The van der Waals surface area contributed by atoms with E-state index in [2.05, 4.69) is 26.1 Å². The highest BCUT2D eigenvalue weighted by atomic mass is 79.9. The Hall–Kier alpha value is -1.92. The number of aryl methyl sites for hydroxylation is 1. The minimum absolute atomic E-state index is 0.0423. The van der Waals surface area contributed by atoms with Gasteiger partial charge in [0.15, 0.2) is 5.78 Å². The molecular formula is C18H15BrN2O2S. The van der Waals surface area contributed by atoms with E-state index in [1.54, 1.807) is 0 Å². The molecule has 0 aliphatic heterocycles. The molecule has 1 aromatic heterocycles. The SMILES string of the molecule is Cc1ccc(C(=O)[C@H](C)Sc2nnc(-c3ccccc3Br)o2)cc1. The highest BCUT2D eigenvalue weighted by molar-refractivity contribution is 9.10. The van der Waals surface area contributed by atoms with Crippen molar-refractivity contribution < 1.29 is 9.21 Å². The number of benzene rings is 2. The average Bonchev–Trinajstić information content (AvgIpc) is 3.03. The highest BCUT2D eigenvalue weighted by Crippen LogP contribution is 2.31. The lowest BCUT2D eigenvalue weighted by molar-refractivity contribution is 0.0993.